The molecule has 3 N–H and O–H groups in total. The molecule has 5 nitrogen and oxygen atoms in total. The fourth-order valence-electron chi connectivity index (χ4n) is 2.38. The number of carbonyl (C=O) groups excluding carboxylic acids is 1. The van der Waals surface area contributed by atoms with Gasteiger partial charge >= 0.3 is 0 Å². The zero-order valence-electron chi connectivity index (χ0n) is 11.8. The standard InChI is InChI=1S/C15H21N3O2/c1-18(6-7-20-9-10-2-3-10)11-4-5-12-13(8-11)17-15(19)14(12)16/h4-5,8,10,14H,2-3,6-7,9,16H2,1H3,(H,17,19). The van der Waals surface area contributed by atoms with E-state index in [1.54, 1.807) is 0 Å². The number of benzene rings is 1. The molecule has 2 aliphatic rings. The predicted octanol–water partition coefficient (Wildman–Crippen LogP) is 1.50. The summed E-state index contributed by atoms with van der Waals surface area (Å²) in [5.74, 6) is 0.671. The fourth-order valence-corrected chi connectivity index (χ4v) is 2.38. The van der Waals surface area contributed by atoms with Crippen LogP contribution in [-0.4, -0.2) is 32.7 Å². The van der Waals surface area contributed by atoms with Gasteiger partial charge in [0.25, 0.3) is 0 Å². The molecule has 1 atom stereocenters. The molecular formula is C15H21N3O2. The van der Waals surface area contributed by atoms with Crippen molar-refractivity contribution in [1.82, 2.24) is 0 Å². The van der Waals surface area contributed by atoms with Gasteiger partial charge in [-0.05, 0) is 30.9 Å². The van der Waals surface area contributed by atoms with Crippen molar-refractivity contribution in [1.29, 1.82) is 0 Å². The number of nitrogens with two attached hydrogens (primary N) is 1. The number of nitrogens with zero attached hydrogens (tertiary/aromatic N) is 1. The largest absolute Gasteiger partial charge is 0.379 e. The normalized spacial score (nSPS) is 20.7. The maximum absolute atomic E-state index is 11.5. The van der Waals surface area contributed by atoms with Gasteiger partial charge in [-0.25, -0.2) is 0 Å². The molecule has 1 aromatic carbocycles. The molecule has 1 amide bonds. The third kappa shape index (κ3) is 2.78. The number of nitrogens with one attached hydrogen (secondary N) is 1. The van der Waals surface area contributed by atoms with Crippen molar-refractivity contribution in [3.63, 3.8) is 0 Å². The first-order valence-corrected chi connectivity index (χ1v) is 7.14. The topological polar surface area (TPSA) is 67.6 Å². The molecular weight excluding hydrogens is 254 g/mol. The van der Waals surface area contributed by atoms with Crippen molar-refractivity contribution in [3.8, 4) is 0 Å². The molecule has 108 valence electrons. The zero-order chi connectivity index (χ0) is 14.1. The molecule has 0 radical (unpaired) electrons. The highest BCUT2D eigenvalue weighted by Crippen LogP contribution is 2.32. The van der Waals surface area contributed by atoms with Crippen LogP contribution in [0.2, 0.25) is 0 Å². The highest BCUT2D eigenvalue weighted by atomic mass is 16.5. The lowest BCUT2D eigenvalue weighted by Gasteiger charge is -2.20. The van der Waals surface area contributed by atoms with Crippen LogP contribution in [0.1, 0.15) is 24.4 Å². The lowest BCUT2D eigenvalue weighted by atomic mass is 10.1. The molecule has 1 saturated carbocycles. The molecule has 1 heterocycles. The predicted molar refractivity (Wildman–Crippen MR) is 78.8 cm³/mol. The van der Waals surface area contributed by atoms with Crippen molar-refractivity contribution >= 4 is 17.3 Å². The summed E-state index contributed by atoms with van der Waals surface area (Å²) >= 11 is 0. The number of carbonyl (C=O) groups is 1. The monoisotopic (exact) mass is 275 g/mol. The Morgan fingerprint density at radius 2 is 2.25 bits per heavy atom. The molecule has 5 heteroatoms. The lowest BCUT2D eigenvalue weighted by molar-refractivity contribution is -0.116. The van der Waals surface area contributed by atoms with E-state index in [2.05, 4.69) is 10.2 Å². The summed E-state index contributed by atoms with van der Waals surface area (Å²) < 4.78 is 5.65. The Bertz CT molecular complexity index is 514. The summed E-state index contributed by atoms with van der Waals surface area (Å²) in [5, 5.41) is 2.81. The number of amides is 1. The van der Waals surface area contributed by atoms with Gasteiger partial charge in [-0.2, -0.15) is 0 Å². The van der Waals surface area contributed by atoms with Crippen molar-refractivity contribution in [3.05, 3.63) is 23.8 Å². The van der Waals surface area contributed by atoms with Crippen LogP contribution in [0.25, 0.3) is 0 Å². The third-order valence-corrected chi connectivity index (χ3v) is 3.97. The van der Waals surface area contributed by atoms with Crippen LogP contribution in [0.4, 0.5) is 11.4 Å². The Balaban J connectivity index is 1.56. The van der Waals surface area contributed by atoms with Crippen molar-refractivity contribution in [2.75, 3.05) is 37.0 Å². The first-order chi connectivity index (χ1) is 9.65. The molecule has 0 aromatic heterocycles. The van der Waals surface area contributed by atoms with E-state index in [0.29, 0.717) is 0 Å². The van der Waals surface area contributed by atoms with Crippen molar-refractivity contribution < 1.29 is 9.53 Å². The molecule has 1 aliphatic carbocycles. The molecule has 0 bridgehead atoms. The Morgan fingerprint density at radius 3 is 3.00 bits per heavy atom. The highest BCUT2D eigenvalue weighted by molar-refractivity contribution is 6.02. The molecule has 1 fully saturated rings. The fraction of sp³-hybridized carbons (Fsp3) is 0.533. The number of hydrogen-bond acceptors (Lipinski definition) is 4. The van der Waals surface area contributed by atoms with E-state index in [1.807, 2.05) is 25.2 Å². The number of rotatable bonds is 6. The zero-order valence-corrected chi connectivity index (χ0v) is 11.8. The van der Waals surface area contributed by atoms with E-state index in [-0.39, 0.29) is 5.91 Å². The summed E-state index contributed by atoms with van der Waals surface area (Å²) in [4.78, 5) is 13.7. The van der Waals surface area contributed by atoms with Gasteiger partial charge in [-0.3, -0.25) is 4.79 Å². The van der Waals surface area contributed by atoms with Crippen molar-refractivity contribution in [2.24, 2.45) is 11.7 Å². The van der Waals surface area contributed by atoms with Crippen molar-refractivity contribution in [2.45, 2.75) is 18.9 Å². The Hall–Kier alpha value is -1.59. The highest BCUT2D eigenvalue weighted by Gasteiger charge is 2.27. The summed E-state index contributed by atoms with van der Waals surface area (Å²) in [7, 11) is 2.03. The average molecular weight is 275 g/mol. The van der Waals surface area contributed by atoms with Gasteiger partial charge < -0.3 is 20.7 Å². The number of ether oxygens (including phenoxy) is 1. The first kappa shape index (κ1) is 13.4. The number of likely N-dealkylation sites (N-methyl/N-ethyl adjacent to an activating group) is 1. The molecule has 3 rings (SSSR count). The van der Waals surface area contributed by atoms with Gasteiger partial charge in [0.2, 0.25) is 5.91 Å². The van der Waals surface area contributed by atoms with Crippen LogP contribution < -0.4 is 16.0 Å². The third-order valence-electron chi connectivity index (χ3n) is 3.97. The molecule has 1 aliphatic heterocycles. The number of anilines is 2. The lowest BCUT2D eigenvalue weighted by Crippen LogP contribution is -2.23. The van der Waals surface area contributed by atoms with Gasteiger partial charge in [0.1, 0.15) is 6.04 Å². The van der Waals surface area contributed by atoms with E-state index in [9.17, 15) is 4.79 Å². The maximum atomic E-state index is 11.5. The van der Waals surface area contributed by atoms with Gasteiger partial charge in [0.15, 0.2) is 0 Å². The summed E-state index contributed by atoms with van der Waals surface area (Å²) in [5.41, 5.74) is 8.56. The molecule has 1 aromatic rings. The molecule has 1 unspecified atom stereocenters. The molecule has 0 saturated heterocycles. The van der Waals surface area contributed by atoms with Crippen LogP contribution in [-0.2, 0) is 9.53 Å². The van der Waals surface area contributed by atoms with Crippen LogP contribution in [0.5, 0.6) is 0 Å². The maximum Gasteiger partial charge on any atom is 0.245 e. The van der Waals surface area contributed by atoms with Crippen LogP contribution in [0, 0.1) is 5.92 Å². The van der Waals surface area contributed by atoms with E-state index in [0.717, 1.165) is 42.6 Å². The van der Waals surface area contributed by atoms with E-state index >= 15 is 0 Å². The van der Waals surface area contributed by atoms with Crippen LogP contribution in [0.15, 0.2) is 18.2 Å². The minimum absolute atomic E-state index is 0.132. The van der Waals surface area contributed by atoms with E-state index in [1.165, 1.54) is 12.8 Å². The molecule has 0 spiro atoms. The quantitative estimate of drug-likeness (QED) is 0.772. The van der Waals surface area contributed by atoms with Gasteiger partial charge in [0.05, 0.1) is 6.61 Å². The first-order valence-electron chi connectivity index (χ1n) is 7.14. The SMILES string of the molecule is CN(CCOCC1CC1)c1ccc2c(c1)NC(=O)C2N. The summed E-state index contributed by atoms with van der Waals surface area (Å²) in [6.07, 6.45) is 2.64. The van der Waals surface area contributed by atoms with E-state index in [4.69, 9.17) is 10.5 Å². The van der Waals surface area contributed by atoms with Crippen LogP contribution >= 0.6 is 0 Å². The second-order valence-electron chi connectivity index (χ2n) is 5.68. The summed E-state index contributed by atoms with van der Waals surface area (Å²) in [6.45, 7) is 2.46. The van der Waals surface area contributed by atoms with Crippen LogP contribution in [0.3, 0.4) is 0 Å². The van der Waals surface area contributed by atoms with Gasteiger partial charge in [-0.1, -0.05) is 6.07 Å². The molecule has 20 heavy (non-hydrogen) atoms. The van der Waals surface area contributed by atoms with Gasteiger partial charge in [0, 0.05) is 37.1 Å². The minimum Gasteiger partial charge on any atom is -0.379 e. The van der Waals surface area contributed by atoms with Gasteiger partial charge in [-0.15, -0.1) is 0 Å². The number of hydrogen-bond donors (Lipinski definition) is 2. The second-order valence-corrected chi connectivity index (χ2v) is 5.68. The second kappa shape index (κ2) is 5.42. The Labute approximate surface area is 119 Å². The minimum atomic E-state index is -0.536. The Kier molecular flexibility index (Phi) is 3.63. The average Bonchev–Trinajstić information content (AvgIpc) is 3.22. The smallest absolute Gasteiger partial charge is 0.245 e. The summed E-state index contributed by atoms with van der Waals surface area (Å²) in [6, 6.07) is 5.36. The number of fused-ring (bicyclic) bond motifs is 1. The van der Waals surface area contributed by atoms with E-state index < -0.39 is 6.04 Å². The Morgan fingerprint density at radius 1 is 1.45 bits per heavy atom.